The Balaban J connectivity index is 2.08. The normalized spacial score (nSPS) is 14.8. The van der Waals surface area contributed by atoms with Crippen LogP contribution < -0.4 is 4.90 Å². The van der Waals surface area contributed by atoms with Crippen molar-refractivity contribution in [3.8, 4) is 0 Å². The van der Waals surface area contributed by atoms with E-state index >= 15 is 0 Å². The van der Waals surface area contributed by atoms with Gasteiger partial charge in [0.15, 0.2) is 6.29 Å². The van der Waals surface area contributed by atoms with Gasteiger partial charge < -0.3 is 4.90 Å². The molecule has 1 aliphatic rings. The zero-order valence-corrected chi connectivity index (χ0v) is 9.72. The standard InChI is InChI=1S/C13H18N2O/c1-2-3-8-15(12-5-6-12)13-7-4-11(10-16)9-14-13/h4,7,9-10,12H,2-3,5-6,8H2,1H3. The van der Waals surface area contributed by atoms with Crippen LogP contribution in [0.5, 0.6) is 0 Å². The molecule has 1 aromatic rings. The van der Waals surface area contributed by atoms with Crippen LogP contribution in [0.15, 0.2) is 18.3 Å². The first kappa shape index (κ1) is 11.1. The Morgan fingerprint density at radius 3 is 2.81 bits per heavy atom. The Kier molecular flexibility index (Phi) is 3.54. The number of aldehydes is 1. The highest BCUT2D eigenvalue weighted by molar-refractivity contribution is 5.74. The van der Waals surface area contributed by atoms with Crippen molar-refractivity contribution in [2.75, 3.05) is 11.4 Å². The molecule has 16 heavy (non-hydrogen) atoms. The van der Waals surface area contributed by atoms with E-state index in [-0.39, 0.29) is 0 Å². The second-order valence-electron chi connectivity index (χ2n) is 4.35. The average Bonchev–Trinajstić information content (AvgIpc) is 3.15. The van der Waals surface area contributed by atoms with Crippen molar-refractivity contribution in [2.45, 2.75) is 38.6 Å². The van der Waals surface area contributed by atoms with Crippen molar-refractivity contribution in [1.82, 2.24) is 4.98 Å². The fourth-order valence-electron chi connectivity index (χ4n) is 1.84. The quantitative estimate of drug-likeness (QED) is 0.688. The van der Waals surface area contributed by atoms with E-state index in [9.17, 15) is 4.79 Å². The van der Waals surface area contributed by atoms with Crippen LogP contribution in [0.25, 0.3) is 0 Å². The zero-order valence-electron chi connectivity index (χ0n) is 9.72. The van der Waals surface area contributed by atoms with Crippen molar-refractivity contribution in [3.05, 3.63) is 23.9 Å². The number of hydrogen-bond donors (Lipinski definition) is 0. The summed E-state index contributed by atoms with van der Waals surface area (Å²) in [7, 11) is 0. The van der Waals surface area contributed by atoms with Crippen molar-refractivity contribution in [1.29, 1.82) is 0 Å². The molecular weight excluding hydrogens is 200 g/mol. The lowest BCUT2D eigenvalue weighted by Crippen LogP contribution is -2.27. The molecule has 3 heteroatoms. The van der Waals surface area contributed by atoms with Crippen LogP contribution in [0.4, 0.5) is 5.82 Å². The molecule has 0 amide bonds. The molecule has 1 aromatic heterocycles. The van der Waals surface area contributed by atoms with E-state index < -0.39 is 0 Å². The third-order valence-electron chi connectivity index (χ3n) is 2.94. The van der Waals surface area contributed by atoms with Crippen molar-refractivity contribution in [3.63, 3.8) is 0 Å². The van der Waals surface area contributed by atoms with Crippen LogP contribution in [-0.4, -0.2) is 23.9 Å². The van der Waals surface area contributed by atoms with Gasteiger partial charge in [-0.05, 0) is 31.4 Å². The molecule has 0 aliphatic heterocycles. The van der Waals surface area contributed by atoms with Crippen LogP contribution in [0.3, 0.4) is 0 Å². The Bertz CT molecular complexity index is 343. The van der Waals surface area contributed by atoms with E-state index in [0.717, 1.165) is 18.6 Å². The minimum Gasteiger partial charge on any atom is -0.354 e. The zero-order chi connectivity index (χ0) is 11.4. The summed E-state index contributed by atoms with van der Waals surface area (Å²) in [6.07, 6.45) is 7.46. The Morgan fingerprint density at radius 1 is 1.50 bits per heavy atom. The van der Waals surface area contributed by atoms with E-state index in [1.807, 2.05) is 12.1 Å². The summed E-state index contributed by atoms with van der Waals surface area (Å²) < 4.78 is 0. The molecule has 2 rings (SSSR count). The first-order valence-electron chi connectivity index (χ1n) is 6.03. The lowest BCUT2D eigenvalue weighted by Gasteiger charge is -2.23. The summed E-state index contributed by atoms with van der Waals surface area (Å²) in [5.41, 5.74) is 0.648. The molecule has 1 heterocycles. The number of rotatable bonds is 6. The molecule has 86 valence electrons. The predicted molar refractivity (Wildman–Crippen MR) is 64.9 cm³/mol. The molecule has 0 N–H and O–H groups in total. The van der Waals surface area contributed by atoms with Gasteiger partial charge >= 0.3 is 0 Å². The van der Waals surface area contributed by atoms with E-state index in [2.05, 4.69) is 16.8 Å². The van der Waals surface area contributed by atoms with Gasteiger partial charge in [-0.15, -0.1) is 0 Å². The lowest BCUT2D eigenvalue weighted by atomic mass is 10.2. The molecule has 0 aromatic carbocycles. The lowest BCUT2D eigenvalue weighted by molar-refractivity contribution is 0.112. The first-order chi connectivity index (χ1) is 7.85. The fourth-order valence-corrected chi connectivity index (χ4v) is 1.84. The molecule has 0 spiro atoms. The van der Waals surface area contributed by atoms with Gasteiger partial charge in [-0.2, -0.15) is 0 Å². The minimum atomic E-state index is 0.648. The summed E-state index contributed by atoms with van der Waals surface area (Å²) in [6, 6.07) is 4.48. The summed E-state index contributed by atoms with van der Waals surface area (Å²) in [5, 5.41) is 0. The molecular formula is C13H18N2O. The van der Waals surface area contributed by atoms with Crippen molar-refractivity contribution < 1.29 is 4.79 Å². The van der Waals surface area contributed by atoms with Gasteiger partial charge in [0.25, 0.3) is 0 Å². The predicted octanol–water partition coefficient (Wildman–Crippen LogP) is 2.66. The van der Waals surface area contributed by atoms with E-state index in [0.29, 0.717) is 11.6 Å². The number of anilines is 1. The maximum atomic E-state index is 10.6. The third kappa shape index (κ3) is 2.60. The van der Waals surface area contributed by atoms with Crippen molar-refractivity contribution in [2.24, 2.45) is 0 Å². The molecule has 1 aliphatic carbocycles. The minimum absolute atomic E-state index is 0.648. The van der Waals surface area contributed by atoms with Gasteiger partial charge in [0, 0.05) is 24.3 Å². The smallest absolute Gasteiger partial charge is 0.151 e. The van der Waals surface area contributed by atoms with E-state index in [1.54, 1.807) is 6.20 Å². The number of unbranched alkanes of at least 4 members (excludes halogenated alkanes) is 1. The highest BCUT2D eigenvalue weighted by Crippen LogP contribution is 2.30. The van der Waals surface area contributed by atoms with Gasteiger partial charge in [-0.3, -0.25) is 4.79 Å². The highest BCUT2D eigenvalue weighted by atomic mass is 16.1. The fraction of sp³-hybridized carbons (Fsp3) is 0.538. The average molecular weight is 218 g/mol. The van der Waals surface area contributed by atoms with Crippen molar-refractivity contribution >= 4 is 12.1 Å². The van der Waals surface area contributed by atoms with Gasteiger partial charge in [0.2, 0.25) is 0 Å². The number of hydrogen-bond acceptors (Lipinski definition) is 3. The van der Waals surface area contributed by atoms with E-state index in [4.69, 9.17) is 0 Å². The van der Waals surface area contributed by atoms with Crippen LogP contribution in [-0.2, 0) is 0 Å². The summed E-state index contributed by atoms with van der Waals surface area (Å²) in [5.74, 6) is 1.02. The molecule has 1 fully saturated rings. The maximum absolute atomic E-state index is 10.6. The summed E-state index contributed by atoms with van der Waals surface area (Å²) >= 11 is 0. The largest absolute Gasteiger partial charge is 0.354 e. The monoisotopic (exact) mass is 218 g/mol. The maximum Gasteiger partial charge on any atom is 0.151 e. The molecule has 0 saturated heterocycles. The molecule has 0 atom stereocenters. The second-order valence-corrected chi connectivity index (χ2v) is 4.35. The van der Waals surface area contributed by atoms with Crippen LogP contribution in [0.2, 0.25) is 0 Å². The molecule has 3 nitrogen and oxygen atoms in total. The molecule has 0 bridgehead atoms. The van der Waals surface area contributed by atoms with E-state index in [1.165, 1.54) is 25.7 Å². The number of nitrogens with zero attached hydrogens (tertiary/aromatic N) is 2. The second kappa shape index (κ2) is 5.10. The summed E-state index contributed by atoms with van der Waals surface area (Å²) in [6.45, 7) is 3.28. The first-order valence-corrected chi connectivity index (χ1v) is 6.03. The number of carbonyl (C=O) groups excluding carboxylic acids is 1. The topological polar surface area (TPSA) is 33.2 Å². The third-order valence-corrected chi connectivity index (χ3v) is 2.94. The Morgan fingerprint density at radius 2 is 2.31 bits per heavy atom. The number of pyridine rings is 1. The SMILES string of the molecule is CCCCN(c1ccc(C=O)cn1)C1CC1. The van der Waals surface area contributed by atoms with Crippen LogP contribution in [0.1, 0.15) is 43.0 Å². The molecule has 1 saturated carbocycles. The van der Waals surface area contributed by atoms with Gasteiger partial charge in [0.1, 0.15) is 5.82 Å². The Hall–Kier alpha value is -1.38. The molecule has 0 unspecified atom stereocenters. The highest BCUT2D eigenvalue weighted by Gasteiger charge is 2.29. The van der Waals surface area contributed by atoms with Gasteiger partial charge in [0.05, 0.1) is 0 Å². The summed E-state index contributed by atoms with van der Waals surface area (Å²) in [4.78, 5) is 17.3. The van der Waals surface area contributed by atoms with Crippen LogP contribution in [0, 0.1) is 0 Å². The Labute approximate surface area is 96.5 Å². The van der Waals surface area contributed by atoms with Crippen LogP contribution >= 0.6 is 0 Å². The number of carbonyl (C=O) groups is 1. The number of aromatic nitrogens is 1. The van der Waals surface area contributed by atoms with Gasteiger partial charge in [-0.25, -0.2) is 4.98 Å². The molecule has 0 radical (unpaired) electrons. The van der Waals surface area contributed by atoms with Gasteiger partial charge in [-0.1, -0.05) is 13.3 Å².